The largest absolute Gasteiger partial charge is 0.370 e. The van der Waals surface area contributed by atoms with Crippen LogP contribution >= 0.6 is 24.0 Å². The minimum absolute atomic E-state index is 0. The first-order chi connectivity index (χ1) is 14.1. The van der Waals surface area contributed by atoms with Crippen molar-refractivity contribution in [2.45, 2.75) is 26.5 Å². The Kier molecular flexibility index (Phi) is 9.58. The zero-order valence-corrected chi connectivity index (χ0v) is 20.2. The van der Waals surface area contributed by atoms with Crippen molar-refractivity contribution in [2.24, 2.45) is 4.99 Å². The van der Waals surface area contributed by atoms with E-state index in [2.05, 4.69) is 52.6 Å². The van der Waals surface area contributed by atoms with Crippen LogP contribution < -0.4 is 10.6 Å². The number of rotatable bonds is 5. The second kappa shape index (κ2) is 11.9. The average molecular weight is 522 g/mol. The van der Waals surface area contributed by atoms with E-state index in [1.807, 2.05) is 30.3 Å². The highest BCUT2D eigenvalue weighted by Crippen LogP contribution is 2.25. The molecule has 1 aliphatic heterocycles. The van der Waals surface area contributed by atoms with E-state index in [1.54, 1.807) is 7.05 Å². The molecule has 1 aliphatic rings. The summed E-state index contributed by atoms with van der Waals surface area (Å²) in [5, 5.41) is 6.11. The summed E-state index contributed by atoms with van der Waals surface area (Å²) >= 11 is 0. The molecule has 1 amide bonds. The molecule has 7 heteroatoms. The molecule has 3 rings (SSSR count). The van der Waals surface area contributed by atoms with Crippen molar-refractivity contribution >= 4 is 35.8 Å². The summed E-state index contributed by atoms with van der Waals surface area (Å²) in [4.78, 5) is 18.7. The number of ether oxygens (including phenoxy) is 1. The van der Waals surface area contributed by atoms with Gasteiger partial charge in [0.1, 0.15) is 6.10 Å². The Morgan fingerprint density at radius 1 is 1.17 bits per heavy atom. The number of nitrogens with one attached hydrogen (secondary N) is 2. The molecule has 0 bridgehead atoms. The van der Waals surface area contributed by atoms with Gasteiger partial charge < -0.3 is 20.3 Å². The number of aliphatic imine (C=N–C) groups is 1. The van der Waals surface area contributed by atoms with Crippen molar-refractivity contribution in [1.82, 2.24) is 15.5 Å². The molecule has 1 atom stereocenters. The molecule has 2 aromatic rings. The minimum Gasteiger partial charge on any atom is -0.370 e. The lowest BCUT2D eigenvalue weighted by Gasteiger charge is -2.35. The van der Waals surface area contributed by atoms with E-state index >= 15 is 0 Å². The molecule has 1 fully saturated rings. The van der Waals surface area contributed by atoms with Gasteiger partial charge in [-0.1, -0.05) is 54.1 Å². The third-order valence-corrected chi connectivity index (χ3v) is 5.09. The Hall–Kier alpha value is -2.13. The Morgan fingerprint density at radius 2 is 1.93 bits per heavy atom. The molecule has 0 spiro atoms. The Bertz CT molecular complexity index is 858. The predicted octanol–water partition coefficient (Wildman–Crippen LogP) is 3.19. The van der Waals surface area contributed by atoms with Gasteiger partial charge in [0.05, 0.1) is 19.7 Å². The average Bonchev–Trinajstić information content (AvgIpc) is 2.73. The van der Waals surface area contributed by atoms with Gasteiger partial charge in [0, 0.05) is 20.1 Å². The zero-order chi connectivity index (χ0) is 20.6. The van der Waals surface area contributed by atoms with Gasteiger partial charge in [0.15, 0.2) is 5.96 Å². The van der Waals surface area contributed by atoms with Gasteiger partial charge in [-0.15, -0.1) is 24.0 Å². The van der Waals surface area contributed by atoms with Crippen LogP contribution in [-0.2, 0) is 16.1 Å². The summed E-state index contributed by atoms with van der Waals surface area (Å²) in [5.74, 6) is 0.659. The number of nitrogens with zero attached hydrogens (tertiary/aromatic N) is 2. The highest BCUT2D eigenvalue weighted by Gasteiger charge is 2.25. The molecule has 6 nitrogen and oxygen atoms in total. The van der Waals surface area contributed by atoms with Gasteiger partial charge in [0.2, 0.25) is 5.91 Å². The van der Waals surface area contributed by atoms with Gasteiger partial charge in [0.25, 0.3) is 0 Å². The Morgan fingerprint density at radius 3 is 2.63 bits per heavy atom. The zero-order valence-electron chi connectivity index (χ0n) is 17.9. The lowest BCUT2D eigenvalue weighted by molar-refractivity contribution is -0.120. The van der Waals surface area contributed by atoms with Gasteiger partial charge in [-0.3, -0.25) is 9.79 Å². The molecular formula is C23H31IN4O2. The molecule has 0 aliphatic carbocycles. The quantitative estimate of drug-likeness (QED) is 0.360. The first-order valence-corrected chi connectivity index (χ1v) is 10.0. The molecule has 1 saturated heterocycles. The number of hydrogen-bond donors (Lipinski definition) is 2. The van der Waals surface area contributed by atoms with E-state index in [1.165, 1.54) is 16.7 Å². The van der Waals surface area contributed by atoms with Gasteiger partial charge in [-0.2, -0.15) is 0 Å². The number of morpholine rings is 1. The molecule has 1 heterocycles. The fourth-order valence-electron chi connectivity index (χ4n) is 3.57. The van der Waals surface area contributed by atoms with Crippen LogP contribution in [0.5, 0.6) is 0 Å². The van der Waals surface area contributed by atoms with Gasteiger partial charge >= 0.3 is 0 Å². The fraction of sp³-hybridized carbons (Fsp3) is 0.391. The van der Waals surface area contributed by atoms with Crippen molar-refractivity contribution in [3.63, 3.8) is 0 Å². The smallest absolute Gasteiger partial charge is 0.239 e. The topological polar surface area (TPSA) is 66.0 Å². The number of benzene rings is 2. The van der Waals surface area contributed by atoms with Crippen LogP contribution in [0, 0.1) is 13.8 Å². The maximum absolute atomic E-state index is 12.2. The van der Waals surface area contributed by atoms with Crippen molar-refractivity contribution < 1.29 is 9.53 Å². The minimum atomic E-state index is -0.0609. The summed E-state index contributed by atoms with van der Waals surface area (Å²) in [6.45, 7) is 6.99. The summed E-state index contributed by atoms with van der Waals surface area (Å²) < 4.78 is 6.02. The normalized spacial score (nSPS) is 16.6. The van der Waals surface area contributed by atoms with Gasteiger partial charge in [-0.25, -0.2) is 0 Å². The number of amides is 1. The molecular weight excluding hydrogens is 491 g/mol. The van der Waals surface area contributed by atoms with Crippen LogP contribution in [0.3, 0.4) is 0 Å². The SMILES string of the molecule is CN=C(NCC(=O)NCc1ccccc1)N1CCOC(c2ccc(C)cc2C)C1.I. The van der Waals surface area contributed by atoms with Crippen molar-refractivity contribution in [1.29, 1.82) is 0 Å². The molecule has 0 radical (unpaired) electrons. The summed E-state index contributed by atoms with van der Waals surface area (Å²) in [6.07, 6.45) is -0.00481. The molecule has 2 aromatic carbocycles. The van der Waals surface area contributed by atoms with Crippen LogP contribution in [-0.4, -0.2) is 50.1 Å². The predicted molar refractivity (Wildman–Crippen MR) is 131 cm³/mol. The van der Waals surface area contributed by atoms with Crippen molar-refractivity contribution in [2.75, 3.05) is 33.3 Å². The highest BCUT2D eigenvalue weighted by molar-refractivity contribution is 14.0. The van der Waals surface area contributed by atoms with E-state index in [9.17, 15) is 4.79 Å². The first kappa shape index (κ1) is 24.1. The number of guanidine groups is 1. The summed E-state index contributed by atoms with van der Waals surface area (Å²) in [7, 11) is 1.74. The molecule has 30 heavy (non-hydrogen) atoms. The van der Waals surface area contributed by atoms with Crippen LogP contribution in [0.4, 0.5) is 0 Å². The van der Waals surface area contributed by atoms with E-state index < -0.39 is 0 Å². The Balaban J connectivity index is 0.00000320. The lowest BCUT2D eigenvalue weighted by Crippen LogP contribution is -2.50. The van der Waals surface area contributed by atoms with Crippen molar-refractivity contribution in [3.8, 4) is 0 Å². The molecule has 2 N–H and O–H groups in total. The molecule has 1 unspecified atom stereocenters. The number of hydrogen-bond acceptors (Lipinski definition) is 3. The number of carbonyl (C=O) groups is 1. The molecule has 0 saturated carbocycles. The number of aryl methyl sites for hydroxylation is 2. The van der Waals surface area contributed by atoms with Crippen LogP contribution in [0.25, 0.3) is 0 Å². The van der Waals surface area contributed by atoms with E-state index in [0.29, 0.717) is 19.7 Å². The standard InChI is InChI=1S/C23H30N4O2.HI/c1-17-9-10-20(18(2)13-17)21-16-27(11-12-29-21)23(24-3)26-15-22(28)25-14-19-7-5-4-6-8-19;/h4-10,13,21H,11-12,14-16H2,1-3H3,(H,24,26)(H,25,28);1H. The Labute approximate surface area is 196 Å². The van der Waals surface area contributed by atoms with E-state index in [4.69, 9.17) is 4.74 Å². The fourth-order valence-corrected chi connectivity index (χ4v) is 3.57. The van der Waals surface area contributed by atoms with Gasteiger partial charge in [-0.05, 0) is 30.5 Å². The monoisotopic (exact) mass is 522 g/mol. The number of halogens is 1. The second-order valence-corrected chi connectivity index (χ2v) is 7.33. The molecule has 162 valence electrons. The summed E-state index contributed by atoms with van der Waals surface area (Å²) in [6, 6.07) is 16.3. The molecule has 0 aromatic heterocycles. The maximum Gasteiger partial charge on any atom is 0.239 e. The third-order valence-electron chi connectivity index (χ3n) is 5.09. The van der Waals surface area contributed by atoms with Crippen LogP contribution in [0.1, 0.15) is 28.4 Å². The summed E-state index contributed by atoms with van der Waals surface area (Å²) in [5.41, 5.74) is 4.77. The van der Waals surface area contributed by atoms with Crippen LogP contribution in [0.15, 0.2) is 53.5 Å². The maximum atomic E-state index is 12.2. The number of carbonyl (C=O) groups excluding carboxylic acids is 1. The second-order valence-electron chi connectivity index (χ2n) is 7.33. The lowest BCUT2D eigenvalue weighted by atomic mass is 10.00. The van der Waals surface area contributed by atoms with E-state index in [-0.39, 0.29) is 42.5 Å². The van der Waals surface area contributed by atoms with Crippen LogP contribution in [0.2, 0.25) is 0 Å². The van der Waals surface area contributed by atoms with E-state index in [0.717, 1.165) is 18.1 Å². The highest BCUT2D eigenvalue weighted by atomic mass is 127. The first-order valence-electron chi connectivity index (χ1n) is 10.0. The third kappa shape index (κ3) is 6.70. The van der Waals surface area contributed by atoms with Crippen molar-refractivity contribution in [3.05, 3.63) is 70.8 Å².